The number of nitrogens with one attached hydrogen (secondary N) is 3. The number of nitrogens with zero attached hydrogens (tertiary/aromatic N) is 1. The third kappa shape index (κ3) is 6.15. The van der Waals surface area contributed by atoms with E-state index in [1.807, 2.05) is 6.92 Å². The summed E-state index contributed by atoms with van der Waals surface area (Å²) in [4.78, 5) is 27.5. The van der Waals surface area contributed by atoms with Gasteiger partial charge in [0.15, 0.2) is 0 Å². The van der Waals surface area contributed by atoms with E-state index in [0.717, 1.165) is 0 Å². The molecule has 9 heteroatoms. The number of anilines is 1. The van der Waals surface area contributed by atoms with Gasteiger partial charge < -0.3 is 20.7 Å². The Labute approximate surface area is 141 Å². The minimum Gasteiger partial charge on any atom is -0.375 e. The molecule has 124 valence electrons. The predicted molar refractivity (Wildman–Crippen MR) is 87.6 cm³/mol. The number of hydrogen-bond acceptors (Lipinski definition) is 5. The second-order valence-electron chi connectivity index (χ2n) is 4.52. The minimum atomic E-state index is -0.421. The molecule has 0 spiro atoms. The van der Waals surface area contributed by atoms with Crippen LogP contribution in [0.2, 0.25) is 0 Å². The Bertz CT molecular complexity index is 476. The van der Waals surface area contributed by atoms with E-state index in [2.05, 4.69) is 20.9 Å². The van der Waals surface area contributed by atoms with Crippen molar-refractivity contribution in [1.82, 2.24) is 15.6 Å². The fourth-order valence-corrected chi connectivity index (χ4v) is 1.95. The van der Waals surface area contributed by atoms with Gasteiger partial charge in [0, 0.05) is 12.7 Å². The highest BCUT2D eigenvalue weighted by molar-refractivity contribution is 5.95. The van der Waals surface area contributed by atoms with Crippen molar-refractivity contribution >= 4 is 42.3 Å². The van der Waals surface area contributed by atoms with Crippen LogP contribution in [0.15, 0.2) is 24.5 Å². The summed E-state index contributed by atoms with van der Waals surface area (Å²) >= 11 is 0. The lowest BCUT2D eigenvalue weighted by Crippen LogP contribution is -2.56. The largest absolute Gasteiger partial charge is 0.375 e. The van der Waals surface area contributed by atoms with Crippen LogP contribution in [-0.4, -0.2) is 48.6 Å². The molecule has 1 aliphatic rings. The van der Waals surface area contributed by atoms with Gasteiger partial charge in [-0.3, -0.25) is 14.6 Å². The molecule has 0 saturated carbocycles. The maximum absolute atomic E-state index is 11.9. The molecular formula is C13H20Cl2N4O3. The second-order valence-corrected chi connectivity index (χ2v) is 4.52. The van der Waals surface area contributed by atoms with E-state index in [4.69, 9.17) is 4.74 Å². The average molecular weight is 351 g/mol. The highest BCUT2D eigenvalue weighted by atomic mass is 35.5. The number of morpholine rings is 1. The topological polar surface area (TPSA) is 92.4 Å². The summed E-state index contributed by atoms with van der Waals surface area (Å²) < 4.78 is 5.38. The van der Waals surface area contributed by atoms with Crippen molar-refractivity contribution in [2.45, 2.75) is 19.1 Å². The van der Waals surface area contributed by atoms with Gasteiger partial charge in [0.2, 0.25) is 11.8 Å². The quantitative estimate of drug-likeness (QED) is 0.728. The van der Waals surface area contributed by atoms with Crippen LogP contribution >= 0.6 is 24.8 Å². The third-order valence-corrected chi connectivity index (χ3v) is 2.97. The van der Waals surface area contributed by atoms with Gasteiger partial charge in [-0.15, -0.1) is 24.8 Å². The molecule has 1 fully saturated rings. The number of carbonyl (C=O) groups is 2. The average Bonchev–Trinajstić information content (AvgIpc) is 2.46. The first-order valence-electron chi connectivity index (χ1n) is 6.49. The van der Waals surface area contributed by atoms with Gasteiger partial charge in [-0.25, -0.2) is 0 Å². The molecule has 1 aliphatic heterocycles. The monoisotopic (exact) mass is 350 g/mol. The van der Waals surface area contributed by atoms with E-state index in [9.17, 15) is 9.59 Å². The number of amides is 2. The molecule has 2 amide bonds. The molecule has 7 nitrogen and oxygen atoms in total. The Morgan fingerprint density at radius 3 is 2.86 bits per heavy atom. The number of ether oxygens (including phenoxy) is 1. The van der Waals surface area contributed by atoms with Crippen molar-refractivity contribution in [2.24, 2.45) is 0 Å². The van der Waals surface area contributed by atoms with E-state index < -0.39 is 6.04 Å². The van der Waals surface area contributed by atoms with E-state index in [1.165, 1.54) is 0 Å². The molecule has 22 heavy (non-hydrogen) atoms. The molecule has 2 atom stereocenters. The number of hydrogen-bond donors (Lipinski definition) is 3. The Balaban J connectivity index is 0.00000220. The van der Waals surface area contributed by atoms with Crippen molar-refractivity contribution in [3.05, 3.63) is 24.5 Å². The maximum atomic E-state index is 11.9. The van der Waals surface area contributed by atoms with Crippen LogP contribution in [0.25, 0.3) is 0 Å². The summed E-state index contributed by atoms with van der Waals surface area (Å²) in [5.41, 5.74) is 0.597. The van der Waals surface area contributed by atoms with Crippen molar-refractivity contribution in [2.75, 3.05) is 25.0 Å². The lowest BCUT2D eigenvalue weighted by atomic mass is 10.1. The summed E-state index contributed by atoms with van der Waals surface area (Å²) in [6.07, 6.45) is 2.96. The highest BCUT2D eigenvalue weighted by Crippen LogP contribution is 2.04. The summed E-state index contributed by atoms with van der Waals surface area (Å²) in [5.74, 6) is -0.533. The lowest BCUT2D eigenvalue weighted by Gasteiger charge is -2.29. The molecule has 0 bridgehead atoms. The van der Waals surface area contributed by atoms with Crippen LogP contribution in [0.5, 0.6) is 0 Å². The zero-order valence-electron chi connectivity index (χ0n) is 12.1. The third-order valence-electron chi connectivity index (χ3n) is 2.97. The molecule has 2 heterocycles. The molecule has 1 aromatic rings. The number of pyridine rings is 1. The van der Waals surface area contributed by atoms with Crippen molar-refractivity contribution in [3.63, 3.8) is 0 Å². The Kier molecular flexibility index (Phi) is 9.68. The Morgan fingerprint density at radius 2 is 2.23 bits per heavy atom. The Hall–Kier alpha value is -1.41. The van der Waals surface area contributed by atoms with Crippen LogP contribution < -0.4 is 16.0 Å². The molecular weight excluding hydrogens is 331 g/mol. The van der Waals surface area contributed by atoms with E-state index in [-0.39, 0.29) is 49.3 Å². The lowest BCUT2D eigenvalue weighted by molar-refractivity contribution is -0.130. The van der Waals surface area contributed by atoms with Crippen molar-refractivity contribution in [3.8, 4) is 0 Å². The van der Waals surface area contributed by atoms with E-state index >= 15 is 0 Å². The zero-order chi connectivity index (χ0) is 14.4. The van der Waals surface area contributed by atoms with Gasteiger partial charge in [0.1, 0.15) is 6.04 Å². The van der Waals surface area contributed by atoms with Crippen LogP contribution in [0.1, 0.15) is 6.92 Å². The highest BCUT2D eigenvalue weighted by Gasteiger charge is 2.28. The number of aromatic nitrogens is 1. The standard InChI is InChI=1S/C13H18N4O3.2ClH/c1-9-12(15-5-6-20-9)13(19)16-8-11(18)17-10-3-2-4-14-7-10;;/h2-4,7,9,12,15H,5-6,8H2,1H3,(H,16,19)(H,17,18);2*1H/t9-,12+;;/m1../s1. The SMILES string of the molecule is C[C@H]1OCCN[C@@H]1C(=O)NCC(=O)Nc1cccnc1.Cl.Cl. The Morgan fingerprint density at radius 1 is 1.45 bits per heavy atom. The number of halogens is 2. The van der Waals surface area contributed by atoms with E-state index in [0.29, 0.717) is 18.8 Å². The first-order valence-corrected chi connectivity index (χ1v) is 6.49. The van der Waals surface area contributed by atoms with Crippen LogP contribution in [-0.2, 0) is 14.3 Å². The summed E-state index contributed by atoms with van der Waals surface area (Å²) in [6.45, 7) is 2.96. The van der Waals surface area contributed by atoms with Crippen LogP contribution in [0, 0.1) is 0 Å². The van der Waals surface area contributed by atoms with Gasteiger partial charge in [-0.2, -0.15) is 0 Å². The molecule has 3 N–H and O–H groups in total. The molecule has 0 aromatic carbocycles. The summed E-state index contributed by atoms with van der Waals surface area (Å²) in [5, 5.41) is 8.30. The first-order chi connectivity index (χ1) is 9.66. The van der Waals surface area contributed by atoms with Gasteiger partial charge in [0.05, 0.1) is 31.1 Å². The summed E-state index contributed by atoms with van der Waals surface area (Å²) in [7, 11) is 0. The normalized spacial score (nSPS) is 20.0. The molecule has 2 rings (SSSR count). The maximum Gasteiger partial charge on any atom is 0.243 e. The fraction of sp³-hybridized carbons (Fsp3) is 0.462. The molecule has 1 saturated heterocycles. The summed E-state index contributed by atoms with van der Waals surface area (Å²) in [6, 6.07) is 3.03. The van der Waals surface area contributed by atoms with E-state index in [1.54, 1.807) is 24.5 Å². The molecule has 1 aromatic heterocycles. The van der Waals surface area contributed by atoms with Gasteiger partial charge >= 0.3 is 0 Å². The van der Waals surface area contributed by atoms with Gasteiger partial charge in [-0.05, 0) is 19.1 Å². The number of carbonyl (C=O) groups excluding carboxylic acids is 2. The van der Waals surface area contributed by atoms with Gasteiger partial charge in [-0.1, -0.05) is 0 Å². The molecule has 0 radical (unpaired) electrons. The van der Waals surface area contributed by atoms with Gasteiger partial charge in [0.25, 0.3) is 0 Å². The second kappa shape index (κ2) is 10.3. The van der Waals surface area contributed by atoms with Crippen LogP contribution in [0.4, 0.5) is 5.69 Å². The molecule has 0 unspecified atom stereocenters. The molecule has 0 aliphatic carbocycles. The van der Waals surface area contributed by atoms with Crippen molar-refractivity contribution in [1.29, 1.82) is 0 Å². The predicted octanol–water partition coefficient (Wildman–Crippen LogP) is 0.357. The van der Waals surface area contributed by atoms with Crippen LogP contribution in [0.3, 0.4) is 0 Å². The minimum absolute atomic E-state index is 0. The zero-order valence-corrected chi connectivity index (χ0v) is 13.7. The van der Waals surface area contributed by atoms with Crippen molar-refractivity contribution < 1.29 is 14.3 Å². The number of rotatable bonds is 4. The first kappa shape index (κ1) is 20.6. The fourth-order valence-electron chi connectivity index (χ4n) is 1.95. The smallest absolute Gasteiger partial charge is 0.243 e.